The third kappa shape index (κ3) is 11.6. The van der Waals surface area contributed by atoms with Gasteiger partial charge in [-0.05, 0) is 62.8 Å². The fourth-order valence-corrected chi connectivity index (χ4v) is 9.42. The minimum Gasteiger partial charge on any atom is -0.477 e. The standard InChI is InChI=1S/C50H58F2N6O12/c51-37-23-33-39(57(31-11-12-31)27-35(47(33)63)49(65)66)25-41(37)53-15-19-55(20-16-53)43(59)29-69-45(61)9-7-5-3-1-2-4-6-8-10-46(62)70-30-44(60)56-21-17-54(18-22-56)42-26-40-34(24-38(42)52)48(64)36(50(67)68)28-58(40)32-13-14-32/h23-28,31-32H,1-22,29-30H2,(H,65,66)(H,67,68). The Morgan fingerprint density at radius 3 is 1.19 bits per heavy atom. The Bertz CT molecular complexity index is 2620. The SMILES string of the molecule is O=C(CCCCCCCCCCC(=O)OCC(=O)N1CCN(c2cc3c(cc2F)c(=O)c(C(=O)O)cn3C2CC2)CC1)OCC(=O)N1CCN(c2cc3c(cc2F)c(=O)c(C(=O)O)cn3C2CC2)CC1. The lowest BCUT2D eigenvalue weighted by Crippen LogP contribution is -2.50. The first-order valence-corrected chi connectivity index (χ1v) is 24.3. The van der Waals surface area contributed by atoms with Gasteiger partial charge in [0.15, 0.2) is 13.2 Å². The van der Waals surface area contributed by atoms with Crippen molar-refractivity contribution in [3.05, 3.63) is 79.9 Å². The maximum absolute atomic E-state index is 15.4. The van der Waals surface area contributed by atoms with Crippen LogP contribution < -0.4 is 20.7 Å². The molecule has 374 valence electrons. The molecule has 4 fully saturated rings. The third-order valence-corrected chi connectivity index (χ3v) is 13.7. The van der Waals surface area contributed by atoms with Gasteiger partial charge in [0.25, 0.3) is 11.8 Å². The first-order valence-electron chi connectivity index (χ1n) is 24.3. The highest BCUT2D eigenvalue weighted by Crippen LogP contribution is 2.39. The van der Waals surface area contributed by atoms with Crippen LogP contribution in [-0.4, -0.2) is 130 Å². The fraction of sp³-hybridized carbons (Fsp3) is 0.520. The van der Waals surface area contributed by atoms with Gasteiger partial charge in [0.2, 0.25) is 10.9 Å². The van der Waals surface area contributed by atoms with Crippen molar-refractivity contribution < 1.29 is 57.2 Å². The van der Waals surface area contributed by atoms with Crippen LogP contribution in [0.25, 0.3) is 21.8 Å². The smallest absolute Gasteiger partial charge is 0.341 e. The fourth-order valence-electron chi connectivity index (χ4n) is 9.42. The number of carboxylic acids is 2. The Balaban J connectivity index is 0.647. The molecule has 2 aliphatic heterocycles. The van der Waals surface area contributed by atoms with Crippen LogP contribution in [0.15, 0.2) is 46.2 Å². The highest BCUT2D eigenvalue weighted by Gasteiger charge is 2.31. The molecule has 8 rings (SSSR count). The summed E-state index contributed by atoms with van der Waals surface area (Å²) in [6, 6.07) is 5.46. The van der Waals surface area contributed by atoms with Crippen LogP contribution in [-0.2, 0) is 28.7 Å². The third-order valence-electron chi connectivity index (χ3n) is 13.7. The summed E-state index contributed by atoms with van der Waals surface area (Å²) in [5.74, 6) is -5.60. The number of aromatic nitrogens is 2. The van der Waals surface area contributed by atoms with Gasteiger partial charge in [-0.15, -0.1) is 0 Å². The molecular formula is C50H58F2N6O12. The zero-order valence-electron chi connectivity index (χ0n) is 39.0. The van der Waals surface area contributed by atoms with Crippen LogP contribution in [0.1, 0.15) is 123 Å². The van der Waals surface area contributed by atoms with E-state index < -0.39 is 57.5 Å². The summed E-state index contributed by atoms with van der Waals surface area (Å²) in [5, 5.41) is 19.1. The quantitative estimate of drug-likeness (QED) is 0.0763. The number of carbonyl (C=O) groups is 6. The highest BCUT2D eigenvalue weighted by molar-refractivity contribution is 5.95. The van der Waals surface area contributed by atoms with Crippen molar-refractivity contribution in [1.82, 2.24) is 18.9 Å². The minimum atomic E-state index is -1.36. The number of halogens is 2. The van der Waals surface area contributed by atoms with Crippen molar-refractivity contribution in [2.24, 2.45) is 0 Å². The molecule has 2 amide bonds. The van der Waals surface area contributed by atoms with Gasteiger partial charge in [-0.25, -0.2) is 18.4 Å². The van der Waals surface area contributed by atoms with E-state index in [1.165, 1.54) is 12.4 Å². The molecular weight excluding hydrogens is 915 g/mol. The summed E-state index contributed by atoms with van der Waals surface area (Å²) < 4.78 is 44.7. The normalized spacial score (nSPS) is 16.2. The molecule has 70 heavy (non-hydrogen) atoms. The molecule has 0 radical (unpaired) electrons. The molecule has 4 aliphatic rings. The number of benzene rings is 2. The van der Waals surface area contributed by atoms with Gasteiger partial charge in [0.05, 0.1) is 22.4 Å². The molecule has 2 N–H and O–H groups in total. The maximum Gasteiger partial charge on any atom is 0.341 e. The van der Waals surface area contributed by atoms with Crippen molar-refractivity contribution in [3.63, 3.8) is 0 Å². The van der Waals surface area contributed by atoms with E-state index in [2.05, 4.69) is 0 Å². The number of piperazine rings is 2. The van der Waals surface area contributed by atoms with Gasteiger partial charge >= 0.3 is 23.9 Å². The number of aromatic carboxylic acids is 2. The molecule has 2 aromatic heterocycles. The summed E-state index contributed by atoms with van der Waals surface area (Å²) in [6.07, 6.45) is 13.1. The lowest BCUT2D eigenvalue weighted by molar-refractivity contribution is -0.152. The number of pyridine rings is 2. The summed E-state index contributed by atoms with van der Waals surface area (Å²) >= 11 is 0. The van der Waals surface area contributed by atoms with Crippen LogP contribution in [0.4, 0.5) is 20.2 Å². The summed E-state index contributed by atoms with van der Waals surface area (Å²) in [7, 11) is 0. The van der Waals surface area contributed by atoms with Crippen molar-refractivity contribution in [3.8, 4) is 0 Å². The van der Waals surface area contributed by atoms with Gasteiger partial charge in [-0.3, -0.25) is 28.8 Å². The van der Waals surface area contributed by atoms with E-state index >= 15 is 8.78 Å². The predicted octanol–water partition coefficient (Wildman–Crippen LogP) is 5.65. The Labute approximate surface area is 401 Å². The van der Waals surface area contributed by atoms with Crippen molar-refractivity contribution in [2.45, 2.75) is 102 Å². The summed E-state index contributed by atoms with van der Waals surface area (Å²) in [6.45, 7) is 1.63. The topological polar surface area (TPSA) is 218 Å². The van der Waals surface area contributed by atoms with Gasteiger partial charge in [-0.2, -0.15) is 0 Å². The molecule has 0 spiro atoms. The van der Waals surface area contributed by atoms with E-state index in [9.17, 15) is 48.6 Å². The Hall–Kier alpha value is -6.86. The van der Waals surface area contributed by atoms with Gasteiger partial charge < -0.3 is 48.4 Å². The number of anilines is 2. The molecule has 0 unspecified atom stereocenters. The molecule has 18 nitrogen and oxygen atoms in total. The average Bonchev–Trinajstić information content (AvgIpc) is 4.29. The second-order valence-corrected chi connectivity index (χ2v) is 18.7. The Kier molecular flexibility index (Phi) is 15.5. The average molecular weight is 973 g/mol. The van der Waals surface area contributed by atoms with E-state index in [1.807, 2.05) is 0 Å². The van der Waals surface area contributed by atoms with E-state index in [0.717, 1.165) is 76.3 Å². The van der Waals surface area contributed by atoms with Crippen LogP contribution in [0.5, 0.6) is 0 Å². The number of hydrogen-bond acceptors (Lipinski definition) is 12. The first kappa shape index (κ1) is 49.6. The van der Waals surface area contributed by atoms with Crippen molar-refractivity contribution in [1.29, 1.82) is 0 Å². The largest absolute Gasteiger partial charge is 0.477 e. The molecule has 0 bridgehead atoms. The molecule has 4 heterocycles. The monoisotopic (exact) mass is 972 g/mol. The molecule has 20 heteroatoms. The van der Waals surface area contributed by atoms with Crippen LogP contribution in [0, 0.1) is 11.6 Å². The van der Waals surface area contributed by atoms with E-state index in [0.29, 0.717) is 50.1 Å². The zero-order valence-corrected chi connectivity index (χ0v) is 39.0. The molecule has 2 saturated heterocycles. The van der Waals surface area contributed by atoms with E-state index in [4.69, 9.17) is 9.47 Å². The number of rotatable bonds is 21. The molecule has 0 atom stereocenters. The second-order valence-electron chi connectivity index (χ2n) is 18.7. The minimum absolute atomic E-state index is 0.0158. The Morgan fingerprint density at radius 2 is 0.857 bits per heavy atom. The highest BCUT2D eigenvalue weighted by atomic mass is 19.1. The second kappa shape index (κ2) is 21.8. The number of esters is 2. The van der Waals surface area contributed by atoms with Gasteiger partial charge in [0.1, 0.15) is 22.8 Å². The lowest BCUT2D eigenvalue weighted by Gasteiger charge is -2.36. The molecule has 2 aliphatic carbocycles. The zero-order chi connectivity index (χ0) is 49.6. The van der Waals surface area contributed by atoms with Crippen molar-refractivity contribution >= 4 is 68.9 Å². The first-order chi connectivity index (χ1) is 33.7. The predicted molar refractivity (Wildman–Crippen MR) is 252 cm³/mol. The number of unbranched alkanes of at least 4 members (excludes halogenated alkanes) is 7. The number of carboxylic acid groups (broad SMARTS) is 2. The number of hydrogen-bond donors (Lipinski definition) is 2. The van der Waals surface area contributed by atoms with Gasteiger partial charge in [0, 0.05) is 100 Å². The van der Waals surface area contributed by atoms with Crippen LogP contribution >= 0.6 is 0 Å². The van der Waals surface area contributed by atoms with Crippen molar-refractivity contribution in [2.75, 3.05) is 75.4 Å². The van der Waals surface area contributed by atoms with Gasteiger partial charge in [-0.1, -0.05) is 38.5 Å². The number of nitrogens with zero attached hydrogens (tertiary/aromatic N) is 6. The Morgan fingerprint density at radius 1 is 0.514 bits per heavy atom. The molecule has 2 saturated carbocycles. The number of ether oxygens (including phenoxy) is 2. The van der Waals surface area contributed by atoms with Crippen LogP contribution in [0.3, 0.4) is 0 Å². The lowest BCUT2D eigenvalue weighted by atomic mass is 10.1. The number of amides is 2. The summed E-state index contributed by atoms with van der Waals surface area (Å²) in [4.78, 5) is 106. The van der Waals surface area contributed by atoms with E-state index in [-0.39, 0.29) is 98.3 Å². The summed E-state index contributed by atoms with van der Waals surface area (Å²) in [5.41, 5.74) is -0.770. The number of carbonyl (C=O) groups excluding carboxylic acids is 4. The maximum atomic E-state index is 15.4. The molecule has 2 aromatic carbocycles. The number of fused-ring (bicyclic) bond motifs is 2. The van der Waals surface area contributed by atoms with E-state index in [1.54, 1.807) is 40.9 Å². The van der Waals surface area contributed by atoms with Crippen LogP contribution in [0.2, 0.25) is 0 Å². The molecule has 4 aromatic rings.